The summed E-state index contributed by atoms with van der Waals surface area (Å²) in [4.78, 5) is 13.7. The maximum absolute atomic E-state index is 6.37. The number of para-hydroxylation sites is 1. The molecule has 30 heavy (non-hydrogen) atoms. The van der Waals surface area contributed by atoms with Crippen LogP contribution >= 0.6 is 22.9 Å². The number of benzene rings is 2. The quantitative estimate of drug-likeness (QED) is 0.330. The minimum Gasteiger partial charge on any atom is -0.494 e. The van der Waals surface area contributed by atoms with E-state index in [4.69, 9.17) is 21.3 Å². The number of fused-ring (bicyclic) bond motifs is 2. The highest BCUT2D eigenvalue weighted by molar-refractivity contribution is 7.19. The van der Waals surface area contributed by atoms with E-state index in [0.717, 1.165) is 46.7 Å². The maximum Gasteiger partial charge on any atom is 0.225 e. The maximum atomic E-state index is 6.37. The Labute approximate surface area is 185 Å². The molecule has 0 atom stereocenters. The number of hydrogen-bond donors (Lipinski definition) is 0. The molecule has 0 spiro atoms. The summed E-state index contributed by atoms with van der Waals surface area (Å²) < 4.78 is 5.62. The Balaban J connectivity index is 1.72. The van der Waals surface area contributed by atoms with E-state index in [-0.39, 0.29) is 0 Å². The number of aromatic nitrogens is 2. The molecule has 0 unspecified atom stereocenters. The normalized spacial score (nSPS) is 13.5. The molecule has 0 radical (unpaired) electrons. The Hall–Kier alpha value is -2.63. The molecule has 2 aromatic carbocycles. The van der Waals surface area contributed by atoms with Gasteiger partial charge in [-0.05, 0) is 67.6 Å². The van der Waals surface area contributed by atoms with Crippen molar-refractivity contribution in [2.24, 2.45) is 0 Å². The molecule has 2 aromatic heterocycles. The molecule has 0 saturated carbocycles. The lowest BCUT2D eigenvalue weighted by Gasteiger charge is -2.31. The highest BCUT2D eigenvalue weighted by Gasteiger charge is 2.25. The number of ether oxygens (including phenoxy) is 1. The summed E-state index contributed by atoms with van der Waals surface area (Å²) in [6, 6.07) is 16.8. The van der Waals surface area contributed by atoms with Gasteiger partial charge in [0.1, 0.15) is 16.4 Å². The highest BCUT2D eigenvalue weighted by Crippen LogP contribution is 2.45. The molecule has 3 heterocycles. The van der Waals surface area contributed by atoms with Gasteiger partial charge in [-0.2, -0.15) is 4.98 Å². The summed E-state index contributed by atoms with van der Waals surface area (Å²) in [6.07, 6.45) is 2.17. The van der Waals surface area contributed by atoms with Crippen LogP contribution in [-0.4, -0.2) is 23.1 Å². The summed E-state index contributed by atoms with van der Waals surface area (Å²) in [6.45, 7) is 5.70. The van der Waals surface area contributed by atoms with Crippen LogP contribution in [0.5, 0.6) is 5.75 Å². The van der Waals surface area contributed by atoms with Gasteiger partial charge in [0.25, 0.3) is 0 Å². The van der Waals surface area contributed by atoms with Crippen molar-refractivity contribution in [3.8, 4) is 16.9 Å². The van der Waals surface area contributed by atoms with Crippen LogP contribution in [0.1, 0.15) is 23.8 Å². The van der Waals surface area contributed by atoms with Crippen LogP contribution in [0.25, 0.3) is 21.3 Å². The van der Waals surface area contributed by atoms with Gasteiger partial charge < -0.3 is 9.64 Å². The molecule has 0 saturated heterocycles. The molecule has 4 nitrogen and oxygen atoms in total. The van der Waals surface area contributed by atoms with E-state index < -0.39 is 0 Å². The second-order valence-corrected chi connectivity index (χ2v) is 8.91. The van der Waals surface area contributed by atoms with Crippen molar-refractivity contribution in [2.75, 3.05) is 18.1 Å². The van der Waals surface area contributed by atoms with Gasteiger partial charge in [0.15, 0.2) is 0 Å². The van der Waals surface area contributed by atoms with Crippen molar-refractivity contribution < 1.29 is 4.74 Å². The molecule has 4 aromatic rings. The first-order valence-electron chi connectivity index (χ1n) is 10.2. The Bertz CT molecular complexity index is 1220. The lowest BCUT2D eigenvalue weighted by molar-refractivity contribution is 0.340. The minimum absolute atomic E-state index is 0.292. The van der Waals surface area contributed by atoms with Gasteiger partial charge in [-0.25, -0.2) is 4.98 Å². The summed E-state index contributed by atoms with van der Waals surface area (Å²) in [5.41, 5.74) is 4.87. The summed E-state index contributed by atoms with van der Waals surface area (Å²) in [5, 5.41) is 1.36. The zero-order valence-electron chi connectivity index (χ0n) is 17.0. The number of nitrogens with zero attached hydrogens (tertiary/aromatic N) is 3. The van der Waals surface area contributed by atoms with Crippen molar-refractivity contribution in [2.45, 2.75) is 26.7 Å². The Kier molecular flexibility index (Phi) is 5.09. The predicted molar refractivity (Wildman–Crippen MR) is 126 cm³/mol. The largest absolute Gasteiger partial charge is 0.494 e. The lowest BCUT2D eigenvalue weighted by atomic mass is 10.00. The van der Waals surface area contributed by atoms with E-state index in [9.17, 15) is 0 Å². The standard InChI is InChI=1S/C24H22ClN3OS/c1-3-29-18-12-10-17(11-13-18)20-15(2)30-23-21(20)22(26-24(25)27-23)28-14-6-8-16-7-4-5-9-19(16)28/h4-5,7,9-13H,3,6,8,14H2,1-2H3. The first-order valence-corrected chi connectivity index (χ1v) is 11.4. The number of rotatable bonds is 4. The van der Waals surface area contributed by atoms with Crippen molar-refractivity contribution in [3.05, 3.63) is 64.3 Å². The monoisotopic (exact) mass is 435 g/mol. The number of aryl methyl sites for hydroxylation is 2. The van der Waals surface area contributed by atoms with E-state index in [0.29, 0.717) is 11.9 Å². The minimum atomic E-state index is 0.292. The summed E-state index contributed by atoms with van der Waals surface area (Å²) >= 11 is 8.04. The van der Waals surface area contributed by atoms with E-state index in [1.54, 1.807) is 11.3 Å². The highest BCUT2D eigenvalue weighted by atomic mass is 35.5. The lowest BCUT2D eigenvalue weighted by Crippen LogP contribution is -2.25. The van der Waals surface area contributed by atoms with E-state index in [1.807, 2.05) is 19.1 Å². The third-order valence-corrected chi connectivity index (χ3v) is 6.67. The van der Waals surface area contributed by atoms with E-state index in [2.05, 4.69) is 53.2 Å². The van der Waals surface area contributed by atoms with Crippen LogP contribution in [0.2, 0.25) is 5.28 Å². The Morgan fingerprint density at radius 2 is 1.90 bits per heavy atom. The molecule has 5 rings (SSSR count). The number of thiophene rings is 1. The van der Waals surface area contributed by atoms with Crippen molar-refractivity contribution in [1.82, 2.24) is 9.97 Å². The second-order valence-electron chi connectivity index (χ2n) is 7.37. The average molecular weight is 436 g/mol. The van der Waals surface area contributed by atoms with Crippen LogP contribution < -0.4 is 9.64 Å². The van der Waals surface area contributed by atoms with Gasteiger partial charge in [0.2, 0.25) is 5.28 Å². The molecule has 0 aliphatic carbocycles. The van der Waals surface area contributed by atoms with Crippen LogP contribution in [0.4, 0.5) is 11.5 Å². The first kappa shape index (κ1) is 19.3. The van der Waals surface area contributed by atoms with Crippen LogP contribution in [-0.2, 0) is 6.42 Å². The number of anilines is 2. The Morgan fingerprint density at radius 1 is 1.10 bits per heavy atom. The fourth-order valence-corrected chi connectivity index (χ4v) is 5.50. The van der Waals surface area contributed by atoms with Crippen molar-refractivity contribution >= 4 is 44.7 Å². The second kappa shape index (κ2) is 7.89. The third kappa shape index (κ3) is 3.32. The molecule has 6 heteroatoms. The summed E-state index contributed by atoms with van der Waals surface area (Å²) in [7, 11) is 0. The molecular formula is C24H22ClN3OS. The third-order valence-electron chi connectivity index (χ3n) is 5.50. The zero-order valence-corrected chi connectivity index (χ0v) is 18.6. The van der Waals surface area contributed by atoms with Gasteiger partial charge in [0, 0.05) is 22.7 Å². The first-order chi connectivity index (χ1) is 14.7. The number of hydrogen-bond acceptors (Lipinski definition) is 5. The van der Waals surface area contributed by atoms with Crippen molar-refractivity contribution in [1.29, 1.82) is 0 Å². The van der Waals surface area contributed by atoms with Crippen LogP contribution in [0.15, 0.2) is 48.5 Å². The zero-order chi connectivity index (χ0) is 20.7. The molecule has 0 bridgehead atoms. The van der Waals surface area contributed by atoms with Gasteiger partial charge in [-0.15, -0.1) is 11.3 Å². The molecule has 1 aliphatic heterocycles. The fraction of sp³-hybridized carbons (Fsp3) is 0.250. The topological polar surface area (TPSA) is 38.3 Å². The molecule has 152 valence electrons. The average Bonchev–Trinajstić information content (AvgIpc) is 3.09. The molecule has 1 aliphatic rings. The fourth-order valence-electron chi connectivity index (χ4n) is 4.25. The van der Waals surface area contributed by atoms with Crippen molar-refractivity contribution in [3.63, 3.8) is 0 Å². The van der Waals surface area contributed by atoms with Crippen LogP contribution in [0, 0.1) is 6.92 Å². The van der Waals surface area contributed by atoms with Gasteiger partial charge >= 0.3 is 0 Å². The number of halogens is 1. The molecule has 0 amide bonds. The van der Waals surface area contributed by atoms with E-state index in [1.165, 1.54) is 21.7 Å². The van der Waals surface area contributed by atoms with E-state index >= 15 is 0 Å². The molecule has 0 fully saturated rings. The predicted octanol–water partition coefficient (Wildman–Crippen LogP) is 6.80. The smallest absolute Gasteiger partial charge is 0.225 e. The van der Waals surface area contributed by atoms with Gasteiger partial charge in [-0.1, -0.05) is 30.3 Å². The summed E-state index contributed by atoms with van der Waals surface area (Å²) in [5.74, 6) is 1.77. The van der Waals surface area contributed by atoms with Gasteiger partial charge in [0.05, 0.1) is 12.0 Å². The molecule has 0 N–H and O–H groups in total. The SMILES string of the molecule is CCOc1ccc(-c2c(C)sc3nc(Cl)nc(N4CCCc5ccccc54)c23)cc1. The van der Waals surface area contributed by atoms with Crippen LogP contribution in [0.3, 0.4) is 0 Å². The molecular weight excluding hydrogens is 414 g/mol. The Morgan fingerprint density at radius 3 is 2.70 bits per heavy atom. The van der Waals surface area contributed by atoms with Gasteiger partial charge in [-0.3, -0.25) is 0 Å².